The Morgan fingerprint density at radius 1 is 1.32 bits per heavy atom. The maximum absolute atomic E-state index is 12.6. The fourth-order valence-electron chi connectivity index (χ4n) is 3.27. The molecule has 2 aromatic heterocycles. The van der Waals surface area contributed by atoms with E-state index in [1.165, 1.54) is 17.7 Å². The van der Waals surface area contributed by atoms with Gasteiger partial charge in [-0.1, -0.05) is 6.07 Å². The van der Waals surface area contributed by atoms with Crippen LogP contribution in [0.1, 0.15) is 23.1 Å². The van der Waals surface area contributed by atoms with E-state index < -0.39 is 10.0 Å². The fraction of sp³-hybridized carbons (Fsp3) is 0.235. The monoisotopic (exact) mass is 353 g/mol. The molecule has 0 amide bonds. The highest BCUT2D eigenvalue weighted by molar-refractivity contribution is 7.89. The van der Waals surface area contributed by atoms with Crippen molar-refractivity contribution in [2.45, 2.75) is 30.2 Å². The molecular weight excluding hydrogens is 338 g/mol. The SMILES string of the molecule is N#Cc1cccc(S(=O)(=O)NC2CCc3c(cnc4[nH]ncc34)C2)c1. The molecule has 1 atom stereocenters. The molecule has 0 aliphatic heterocycles. The zero-order valence-electron chi connectivity index (χ0n) is 13.2. The predicted molar refractivity (Wildman–Crippen MR) is 91.2 cm³/mol. The van der Waals surface area contributed by atoms with E-state index in [0.29, 0.717) is 18.4 Å². The zero-order chi connectivity index (χ0) is 17.4. The molecule has 0 spiro atoms. The van der Waals surface area contributed by atoms with Crippen molar-refractivity contribution in [3.05, 3.63) is 53.3 Å². The average Bonchev–Trinajstić information content (AvgIpc) is 3.10. The summed E-state index contributed by atoms with van der Waals surface area (Å²) in [5, 5.41) is 16.8. The normalized spacial score (nSPS) is 17.2. The van der Waals surface area contributed by atoms with Crippen molar-refractivity contribution in [3.63, 3.8) is 0 Å². The molecule has 1 aliphatic carbocycles. The van der Waals surface area contributed by atoms with Crippen LogP contribution in [0.5, 0.6) is 0 Å². The van der Waals surface area contributed by atoms with E-state index in [1.807, 2.05) is 6.07 Å². The molecule has 126 valence electrons. The van der Waals surface area contributed by atoms with Gasteiger partial charge in [-0.3, -0.25) is 5.10 Å². The zero-order valence-corrected chi connectivity index (χ0v) is 14.0. The van der Waals surface area contributed by atoms with Crippen molar-refractivity contribution in [1.82, 2.24) is 19.9 Å². The Hall–Kier alpha value is -2.76. The summed E-state index contributed by atoms with van der Waals surface area (Å²) in [5.41, 5.74) is 3.30. The number of nitriles is 1. The summed E-state index contributed by atoms with van der Waals surface area (Å²) in [4.78, 5) is 4.45. The van der Waals surface area contributed by atoms with Crippen LogP contribution in [0.3, 0.4) is 0 Å². The topological polar surface area (TPSA) is 112 Å². The molecule has 0 fully saturated rings. The molecule has 2 heterocycles. The summed E-state index contributed by atoms with van der Waals surface area (Å²) in [6.45, 7) is 0. The van der Waals surface area contributed by atoms with Crippen LogP contribution in [0.2, 0.25) is 0 Å². The van der Waals surface area contributed by atoms with Crippen molar-refractivity contribution in [3.8, 4) is 6.07 Å². The van der Waals surface area contributed by atoms with Crippen molar-refractivity contribution < 1.29 is 8.42 Å². The molecule has 1 aliphatic rings. The highest BCUT2D eigenvalue weighted by atomic mass is 32.2. The Morgan fingerprint density at radius 3 is 3.04 bits per heavy atom. The number of benzene rings is 1. The molecule has 0 saturated carbocycles. The third kappa shape index (κ3) is 2.88. The highest BCUT2D eigenvalue weighted by Crippen LogP contribution is 2.27. The largest absolute Gasteiger partial charge is 0.261 e. The summed E-state index contributed by atoms with van der Waals surface area (Å²) in [5.74, 6) is 0. The Balaban J connectivity index is 1.58. The van der Waals surface area contributed by atoms with E-state index in [2.05, 4.69) is 19.9 Å². The first-order valence-corrected chi connectivity index (χ1v) is 9.37. The van der Waals surface area contributed by atoms with Crippen LogP contribution in [0.15, 0.2) is 41.6 Å². The number of nitrogens with one attached hydrogen (secondary N) is 2. The maximum atomic E-state index is 12.6. The van der Waals surface area contributed by atoms with Crippen LogP contribution >= 0.6 is 0 Å². The highest BCUT2D eigenvalue weighted by Gasteiger charge is 2.26. The van der Waals surface area contributed by atoms with Gasteiger partial charge in [-0.15, -0.1) is 0 Å². The second-order valence-corrected chi connectivity index (χ2v) is 7.81. The van der Waals surface area contributed by atoms with Gasteiger partial charge in [0.05, 0.1) is 22.7 Å². The van der Waals surface area contributed by atoms with Crippen LogP contribution in [0.25, 0.3) is 11.0 Å². The number of rotatable bonds is 3. The number of aromatic amines is 1. The van der Waals surface area contributed by atoms with Crippen molar-refractivity contribution >= 4 is 21.1 Å². The molecule has 7 nitrogen and oxygen atoms in total. The smallest absolute Gasteiger partial charge is 0.240 e. The summed E-state index contributed by atoms with van der Waals surface area (Å²) in [6.07, 6.45) is 5.60. The van der Waals surface area contributed by atoms with Crippen LogP contribution in [-0.2, 0) is 22.9 Å². The number of aryl methyl sites for hydroxylation is 1. The van der Waals surface area contributed by atoms with Gasteiger partial charge in [0.2, 0.25) is 10.0 Å². The number of sulfonamides is 1. The number of fused-ring (bicyclic) bond motifs is 3. The molecule has 2 N–H and O–H groups in total. The van der Waals surface area contributed by atoms with Gasteiger partial charge in [-0.05, 0) is 48.6 Å². The number of hydrogen-bond donors (Lipinski definition) is 2. The Bertz CT molecular complexity index is 1100. The maximum Gasteiger partial charge on any atom is 0.240 e. The van der Waals surface area contributed by atoms with E-state index in [1.54, 1.807) is 24.5 Å². The lowest BCUT2D eigenvalue weighted by molar-refractivity contribution is 0.508. The van der Waals surface area contributed by atoms with E-state index >= 15 is 0 Å². The Labute approximate surface area is 144 Å². The standard InChI is InChI=1S/C17H15N5O2S/c18-8-11-2-1-3-14(6-11)25(23,24)22-13-4-5-15-12(7-13)9-19-17-16(15)10-20-21-17/h1-3,6,9-10,13,22H,4-5,7H2,(H,19,20,21). The third-order valence-electron chi connectivity index (χ3n) is 4.49. The molecule has 4 rings (SSSR count). The molecule has 25 heavy (non-hydrogen) atoms. The number of pyridine rings is 1. The van der Waals surface area contributed by atoms with Gasteiger partial charge in [0.1, 0.15) is 0 Å². The van der Waals surface area contributed by atoms with Crippen LogP contribution in [0, 0.1) is 11.3 Å². The molecule has 1 aromatic carbocycles. The van der Waals surface area contributed by atoms with Gasteiger partial charge in [-0.25, -0.2) is 18.1 Å². The van der Waals surface area contributed by atoms with E-state index in [0.717, 1.165) is 23.0 Å². The molecule has 0 radical (unpaired) electrons. The number of hydrogen-bond acceptors (Lipinski definition) is 5. The molecule has 1 unspecified atom stereocenters. The molecule has 8 heteroatoms. The van der Waals surface area contributed by atoms with Crippen molar-refractivity contribution in [1.29, 1.82) is 5.26 Å². The summed E-state index contributed by atoms with van der Waals surface area (Å²) in [6, 6.07) is 7.80. The molecule has 3 aromatic rings. The van der Waals surface area contributed by atoms with Crippen molar-refractivity contribution in [2.24, 2.45) is 0 Å². The van der Waals surface area contributed by atoms with Crippen LogP contribution in [0.4, 0.5) is 0 Å². The lowest BCUT2D eigenvalue weighted by Gasteiger charge is -2.25. The predicted octanol–water partition coefficient (Wildman–Crippen LogP) is 1.67. The number of aromatic nitrogens is 3. The van der Waals surface area contributed by atoms with E-state index in [-0.39, 0.29) is 10.9 Å². The molecular formula is C17H15N5O2S. The number of H-pyrrole nitrogens is 1. The lowest BCUT2D eigenvalue weighted by Crippen LogP contribution is -2.38. The molecule has 0 bridgehead atoms. The second-order valence-electron chi connectivity index (χ2n) is 6.09. The first kappa shape index (κ1) is 15.7. The Kier molecular flexibility index (Phi) is 3.75. The lowest BCUT2D eigenvalue weighted by atomic mass is 9.88. The molecule has 0 saturated heterocycles. The second kappa shape index (κ2) is 5.95. The van der Waals surface area contributed by atoms with Gasteiger partial charge in [-0.2, -0.15) is 10.4 Å². The van der Waals surface area contributed by atoms with Crippen LogP contribution < -0.4 is 4.72 Å². The minimum absolute atomic E-state index is 0.112. The van der Waals surface area contributed by atoms with E-state index in [9.17, 15) is 8.42 Å². The van der Waals surface area contributed by atoms with Gasteiger partial charge >= 0.3 is 0 Å². The minimum Gasteiger partial charge on any atom is -0.261 e. The minimum atomic E-state index is -3.67. The summed E-state index contributed by atoms with van der Waals surface area (Å²) >= 11 is 0. The van der Waals surface area contributed by atoms with Crippen LogP contribution in [-0.4, -0.2) is 29.6 Å². The first-order chi connectivity index (χ1) is 12.1. The summed E-state index contributed by atoms with van der Waals surface area (Å²) < 4.78 is 28.0. The fourth-order valence-corrected chi connectivity index (χ4v) is 4.59. The quantitative estimate of drug-likeness (QED) is 0.744. The number of nitrogens with zero attached hydrogens (tertiary/aromatic N) is 3. The van der Waals surface area contributed by atoms with Crippen molar-refractivity contribution in [2.75, 3.05) is 0 Å². The van der Waals surface area contributed by atoms with Gasteiger partial charge in [0.25, 0.3) is 0 Å². The Morgan fingerprint density at radius 2 is 2.20 bits per heavy atom. The summed E-state index contributed by atoms with van der Waals surface area (Å²) in [7, 11) is -3.67. The average molecular weight is 353 g/mol. The van der Waals surface area contributed by atoms with E-state index in [4.69, 9.17) is 5.26 Å². The third-order valence-corrected chi connectivity index (χ3v) is 6.00. The first-order valence-electron chi connectivity index (χ1n) is 7.89. The van der Waals surface area contributed by atoms with Gasteiger partial charge in [0.15, 0.2) is 5.65 Å². The van der Waals surface area contributed by atoms with Gasteiger partial charge in [0, 0.05) is 17.6 Å². The van der Waals surface area contributed by atoms with Gasteiger partial charge < -0.3 is 0 Å².